The Labute approximate surface area is 76.5 Å². The zero-order valence-electron chi connectivity index (χ0n) is 4.67. The van der Waals surface area contributed by atoms with Crippen LogP contribution in [0.15, 0.2) is 0 Å². The second-order valence-corrected chi connectivity index (χ2v) is 8.33. The van der Waals surface area contributed by atoms with Crippen LogP contribution in [0.3, 0.4) is 0 Å². The molecule has 0 saturated heterocycles. The Morgan fingerprint density at radius 3 is 1.00 bits per heavy atom. The van der Waals surface area contributed by atoms with Crippen LogP contribution in [-0.4, -0.2) is 41.9 Å². The highest BCUT2D eigenvalue weighted by Crippen LogP contribution is 1.62. The van der Waals surface area contributed by atoms with Gasteiger partial charge >= 0.3 is 36.4 Å². The molecular weight excluding hydrogens is 248 g/mol. The molecule has 0 heterocycles. The van der Waals surface area contributed by atoms with Crippen molar-refractivity contribution in [1.82, 2.24) is 0 Å². The second kappa shape index (κ2) is 23.7. The van der Waals surface area contributed by atoms with E-state index in [9.17, 15) is 0 Å². The average Bonchev–Trinajstić information content (AvgIpc) is 1.39. The molecular formula is C2H8Br2Mg2O. The molecule has 0 aromatic carbocycles. The van der Waals surface area contributed by atoms with Crippen molar-refractivity contribution in [3.05, 3.63) is 0 Å². The Bertz CT molecular complexity index is 15.7. The van der Waals surface area contributed by atoms with Gasteiger partial charge in [-0.25, -0.2) is 0 Å². The zero-order chi connectivity index (χ0) is 5.41. The van der Waals surface area contributed by atoms with Crippen LogP contribution in [0.2, 0.25) is 10.1 Å². The molecule has 0 unspecified atom stereocenters. The lowest BCUT2D eigenvalue weighted by Gasteiger charge is -1.34. The first-order chi connectivity index (χ1) is 2.83. The number of halogens is 2. The largest absolute Gasteiger partial charge is 0.465 e. The molecule has 0 aliphatic rings. The Balaban J connectivity index is -0.0000000400. The van der Waals surface area contributed by atoms with Crippen LogP contribution >= 0.6 is 25.8 Å². The van der Waals surface area contributed by atoms with Crippen molar-refractivity contribution in [2.24, 2.45) is 0 Å². The average molecular weight is 257 g/mol. The lowest BCUT2D eigenvalue weighted by atomic mass is 11.9. The molecule has 0 aliphatic heterocycles. The normalized spacial score (nSPS) is 2.86. The minimum Gasteiger partial charge on any atom is -0.412 e. The maximum absolute atomic E-state index is 3.28. The molecule has 0 aliphatic carbocycles. The van der Waals surface area contributed by atoms with Crippen molar-refractivity contribution >= 4 is 62.2 Å². The first-order valence-corrected chi connectivity index (χ1v) is 12.6. The molecule has 0 radical (unpaired) electrons. The highest BCUT2D eigenvalue weighted by molar-refractivity contribution is 9.23. The van der Waals surface area contributed by atoms with Crippen molar-refractivity contribution in [2.75, 3.05) is 0 Å². The van der Waals surface area contributed by atoms with Gasteiger partial charge < -0.3 is 31.2 Å². The van der Waals surface area contributed by atoms with Gasteiger partial charge in [-0.05, 0) is 0 Å². The van der Waals surface area contributed by atoms with E-state index in [-0.39, 0.29) is 41.9 Å². The van der Waals surface area contributed by atoms with Gasteiger partial charge in [0.25, 0.3) is 0 Å². The van der Waals surface area contributed by atoms with Gasteiger partial charge in [-0.3, -0.25) is 0 Å². The maximum atomic E-state index is 3.28. The fraction of sp³-hybridized carbons (Fsp3) is 1.00. The van der Waals surface area contributed by atoms with E-state index in [2.05, 4.69) is 35.9 Å². The molecule has 0 bridgehead atoms. The van der Waals surface area contributed by atoms with E-state index in [1.54, 1.807) is 0 Å². The SMILES string of the molecule is O.[CH3][Mg][Br].[CH3][Mg][Br]. The lowest BCUT2D eigenvalue weighted by molar-refractivity contribution is 0.824. The Kier molecular flexibility index (Phi) is 54.9. The van der Waals surface area contributed by atoms with E-state index < -0.39 is 0 Å². The van der Waals surface area contributed by atoms with Crippen LogP contribution in [0.1, 0.15) is 0 Å². The van der Waals surface area contributed by atoms with Gasteiger partial charge in [-0.15, -0.1) is 10.1 Å². The second-order valence-electron chi connectivity index (χ2n) is 0.535. The minimum absolute atomic E-state index is 0. The van der Waals surface area contributed by atoms with Gasteiger partial charge in [0.05, 0.1) is 0 Å². The van der Waals surface area contributed by atoms with Gasteiger partial charge in [0.15, 0.2) is 0 Å². The van der Waals surface area contributed by atoms with Gasteiger partial charge in [0.2, 0.25) is 0 Å². The molecule has 0 amide bonds. The summed E-state index contributed by atoms with van der Waals surface area (Å²) >= 11 is 7.03. The summed E-state index contributed by atoms with van der Waals surface area (Å²) in [5, 5.41) is 4.36. The van der Waals surface area contributed by atoms with E-state index in [0.717, 1.165) is 0 Å². The van der Waals surface area contributed by atoms with Crippen LogP contribution < -0.4 is 0 Å². The summed E-state index contributed by atoms with van der Waals surface area (Å²) in [4.78, 5) is 0. The standard InChI is InChI=1S/2CH3.2BrH.2Mg.H2O/h2*1H3;2*1H;;;1H2/q;;;;2*+1;/p-2. The predicted molar refractivity (Wildman–Crippen MR) is 44.7 cm³/mol. The Morgan fingerprint density at radius 2 is 1.00 bits per heavy atom. The summed E-state index contributed by atoms with van der Waals surface area (Å²) in [6.45, 7) is 0. The number of hydrogen-bond donors (Lipinski definition) is 0. The molecule has 0 aromatic heterocycles. The zero-order valence-corrected chi connectivity index (χ0v) is 10.7. The quantitative estimate of drug-likeness (QED) is 0.585. The highest BCUT2D eigenvalue weighted by atomic mass is 79.9. The van der Waals surface area contributed by atoms with Gasteiger partial charge in [-0.1, -0.05) is 0 Å². The molecule has 0 saturated carbocycles. The molecule has 0 aromatic rings. The van der Waals surface area contributed by atoms with E-state index >= 15 is 0 Å². The first-order valence-electron chi connectivity index (χ1n) is 1.95. The fourth-order valence-electron chi connectivity index (χ4n) is 0. The van der Waals surface area contributed by atoms with E-state index in [1.807, 2.05) is 0 Å². The third-order valence-corrected chi connectivity index (χ3v) is 0. The van der Waals surface area contributed by atoms with Gasteiger partial charge in [0.1, 0.15) is 0 Å². The molecule has 40 valence electrons. The van der Waals surface area contributed by atoms with Crippen molar-refractivity contribution in [3.63, 3.8) is 0 Å². The topological polar surface area (TPSA) is 31.5 Å². The van der Waals surface area contributed by atoms with Crippen LogP contribution in [0, 0.1) is 0 Å². The summed E-state index contributed by atoms with van der Waals surface area (Å²) < 4.78 is 0. The highest BCUT2D eigenvalue weighted by Gasteiger charge is 1.58. The molecule has 7 heavy (non-hydrogen) atoms. The minimum atomic E-state index is 0. The summed E-state index contributed by atoms with van der Waals surface area (Å²) in [5.74, 6) is 0. The molecule has 0 rings (SSSR count). The van der Waals surface area contributed by atoms with Crippen molar-refractivity contribution in [2.45, 2.75) is 10.1 Å². The first kappa shape index (κ1) is 16.2. The predicted octanol–water partition coefficient (Wildman–Crippen LogP) is 1.27. The Morgan fingerprint density at radius 1 is 1.00 bits per heavy atom. The van der Waals surface area contributed by atoms with Crippen molar-refractivity contribution in [3.8, 4) is 0 Å². The van der Waals surface area contributed by atoms with Crippen LogP contribution in [0.4, 0.5) is 0 Å². The molecule has 0 spiro atoms. The summed E-state index contributed by atoms with van der Waals surface area (Å²) in [6.07, 6.45) is 0. The van der Waals surface area contributed by atoms with E-state index in [0.29, 0.717) is 0 Å². The molecule has 5 heteroatoms. The van der Waals surface area contributed by atoms with Crippen LogP contribution in [-0.2, 0) is 0 Å². The smallest absolute Gasteiger partial charge is 0.412 e. The summed E-state index contributed by atoms with van der Waals surface area (Å²) in [5.41, 5.74) is 0. The van der Waals surface area contributed by atoms with Crippen LogP contribution in [0.5, 0.6) is 0 Å². The Hall–Kier alpha value is 2.45. The van der Waals surface area contributed by atoms with Crippen molar-refractivity contribution < 1.29 is 5.48 Å². The van der Waals surface area contributed by atoms with E-state index in [4.69, 9.17) is 0 Å². The lowest BCUT2D eigenvalue weighted by Crippen LogP contribution is -1.43. The molecule has 0 fully saturated rings. The number of hydrogen-bond acceptors (Lipinski definition) is 0. The third-order valence-electron chi connectivity index (χ3n) is 0. The summed E-state index contributed by atoms with van der Waals surface area (Å²) in [6, 6.07) is 0. The molecule has 2 N–H and O–H groups in total. The molecule has 1 nitrogen and oxygen atoms in total. The van der Waals surface area contributed by atoms with Gasteiger partial charge in [0, 0.05) is 0 Å². The maximum Gasteiger partial charge on any atom is 0.465 e. The number of rotatable bonds is 0. The van der Waals surface area contributed by atoms with E-state index in [1.165, 1.54) is 0 Å². The monoisotopic (exact) mass is 254 g/mol. The third kappa shape index (κ3) is 58.5. The summed E-state index contributed by atoms with van der Waals surface area (Å²) in [7, 11) is 0. The molecule has 0 atom stereocenters. The fourth-order valence-corrected chi connectivity index (χ4v) is 0. The van der Waals surface area contributed by atoms with Crippen LogP contribution in [0.25, 0.3) is 0 Å². The van der Waals surface area contributed by atoms with Crippen molar-refractivity contribution in [1.29, 1.82) is 0 Å². The van der Waals surface area contributed by atoms with Gasteiger partial charge in [-0.2, -0.15) is 0 Å².